The third-order valence-electron chi connectivity index (χ3n) is 5.05. The number of hydrogen-bond acceptors (Lipinski definition) is 6. The van der Waals surface area contributed by atoms with Gasteiger partial charge in [0.1, 0.15) is 12.4 Å². The maximum absolute atomic E-state index is 12.7. The smallest absolute Gasteiger partial charge is 0.359 e. The highest BCUT2D eigenvalue weighted by Crippen LogP contribution is 2.15. The van der Waals surface area contributed by atoms with E-state index < -0.39 is 18.5 Å². The van der Waals surface area contributed by atoms with Gasteiger partial charge in [0.2, 0.25) is 0 Å². The lowest BCUT2D eigenvalue weighted by Crippen LogP contribution is -2.32. The van der Waals surface area contributed by atoms with Gasteiger partial charge in [-0.25, -0.2) is 9.48 Å². The van der Waals surface area contributed by atoms with Gasteiger partial charge in [0.05, 0.1) is 11.9 Å². The number of nitrogens with zero attached hydrogens (tertiary/aromatic N) is 2. The molecule has 0 spiro atoms. The van der Waals surface area contributed by atoms with E-state index in [2.05, 4.69) is 17.3 Å². The maximum Gasteiger partial charge on any atom is 0.359 e. The molecule has 0 aliphatic rings. The number of fused-ring (bicyclic) bond motifs is 1. The van der Waals surface area contributed by atoms with E-state index >= 15 is 0 Å². The van der Waals surface area contributed by atoms with E-state index in [-0.39, 0.29) is 24.4 Å². The maximum atomic E-state index is 12.7. The lowest BCUT2D eigenvalue weighted by atomic mass is 10.1. The molecule has 0 aliphatic heterocycles. The van der Waals surface area contributed by atoms with E-state index in [1.54, 1.807) is 24.3 Å². The van der Waals surface area contributed by atoms with Crippen LogP contribution in [0.2, 0.25) is 0 Å². The van der Waals surface area contributed by atoms with Gasteiger partial charge >= 0.3 is 5.97 Å². The summed E-state index contributed by atoms with van der Waals surface area (Å²) in [5.74, 6) is -0.471. The standard InChI is InChI=1S/C25H29N3O5/c1-3-4-7-14-28-24(30)21-12-6-5-11-20(21)23(27-28)25(31)33-17-22(29)26-13-15-32-19-10-8-9-18(2)16-19/h5-6,8-12,16H,3-4,7,13-15,17H2,1-2H3,(H,26,29). The number of carbonyl (C=O) groups is 2. The molecular formula is C25H29N3O5. The van der Waals surface area contributed by atoms with Crippen molar-refractivity contribution in [2.75, 3.05) is 19.8 Å². The number of unbranched alkanes of at least 4 members (excludes halogenated alkanes) is 2. The first-order valence-corrected chi connectivity index (χ1v) is 11.1. The Morgan fingerprint density at radius 3 is 2.61 bits per heavy atom. The number of rotatable bonds is 11. The Morgan fingerprint density at radius 1 is 1.06 bits per heavy atom. The summed E-state index contributed by atoms with van der Waals surface area (Å²) in [6.45, 7) is 4.57. The summed E-state index contributed by atoms with van der Waals surface area (Å²) < 4.78 is 12.1. The Kier molecular flexibility index (Phi) is 8.57. The Bertz CT molecular complexity index is 1170. The summed E-state index contributed by atoms with van der Waals surface area (Å²) in [6.07, 6.45) is 2.74. The van der Waals surface area contributed by atoms with Crippen LogP contribution in [0.15, 0.2) is 53.3 Å². The molecule has 174 valence electrons. The van der Waals surface area contributed by atoms with Gasteiger partial charge in [-0.15, -0.1) is 0 Å². The molecule has 3 rings (SSSR count). The second-order valence-corrected chi connectivity index (χ2v) is 7.72. The predicted molar refractivity (Wildman–Crippen MR) is 125 cm³/mol. The van der Waals surface area contributed by atoms with E-state index in [4.69, 9.17) is 9.47 Å². The number of nitrogens with one attached hydrogen (secondary N) is 1. The minimum absolute atomic E-state index is 0.0253. The van der Waals surface area contributed by atoms with Crippen molar-refractivity contribution in [1.29, 1.82) is 0 Å². The Balaban J connectivity index is 1.57. The van der Waals surface area contributed by atoms with Gasteiger partial charge < -0.3 is 14.8 Å². The van der Waals surface area contributed by atoms with E-state index in [0.717, 1.165) is 30.6 Å². The third kappa shape index (κ3) is 6.65. The van der Waals surface area contributed by atoms with Crippen LogP contribution < -0.4 is 15.6 Å². The topological polar surface area (TPSA) is 99.5 Å². The highest BCUT2D eigenvalue weighted by molar-refractivity contribution is 6.02. The summed E-state index contributed by atoms with van der Waals surface area (Å²) in [4.78, 5) is 37.5. The van der Waals surface area contributed by atoms with Crippen molar-refractivity contribution in [2.24, 2.45) is 0 Å². The first-order valence-electron chi connectivity index (χ1n) is 11.1. The summed E-state index contributed by atoms with van der Waals surface area (Å²) in [6, 6.07) is 14.4. The summed E-state index contributed by atoms with van der Waals surface area (Å²) in [5, 5.41) is 7.70. The van der Waals surface area contributed by atoms with Gasteiger partial charge in [0.15, 0.2) is 12.3 Å². The zero-order valence-corrected chi connectivity index (χ0v) is 19.0. The van der Waals surface area contributed by atoms with Gasteiger partial charge in [-0.1, -0.05) is 50.1 Å². The zero-order chi connectivity index (χ0) is 23.6. The molecule has 1 heterocycles. The van der Waals surface area contributed by atoms with Crippen LogP contribution in [0.5, 0.6) is 5.75 Å². The number of benzene rings is 2. The molecule has 0 radical (unpaired) electrons. The minimum Gasteiger partial charge on any atom is -0.492 e. The largest absolute Gasteiger partial charge is 0.492 e. The normalized spacial score (nSPS) is 10.7. The molecule has 0 atom stereocenters. The molecule has 8 heteroatoms. The summed E-state index contributed by atoms with van der Waals surface area (Å²) >= 11 is 0. The second kappa shape index (κ2) is 11.8. The summed E-state index contributed by atoms with van der Waals surface area (Å²) in [7, 11) is 0. The Morgan fingerprint density at radius 2 is 1.85 bits per heavy atom. The van der Waals surface area contributed by atoms with Crippen molar-refractivity contribution in [1.82, 2.24) is 15.1 Å². The number of aryl methyl sites for hydroxylation is 2. The Hall–Kier alpha value is -3.68. The number of amides is 1. The number of ether oxygens (including phenoxy) is 2. The predicted octanol–water partition coefficient (Wildman–Crippen LogP) is 3.25. The fourth-order valence-corrected chi connectivity index (χ4v) is 3.36. The van der Waals surface area contributed by atoms with Crippen LogP contribution in [0.1, 0.15) is 42.2 Å². The van der Waals surface area contributed by atoms with Gasteiger partial charge in [0, 0.05) is 11.9 Å². The molecule has 0 unspecified atom stereocenters. The van der Waals surface area contributed by atoms with Crippen molar-refractivity contribution >= 4 is 22.6 Å². The summed E-state index contributed by atoms with van der Waals surface area (Å²) in [5.41, 5.74) is 0.864. The third-order valence-corrected chi connectivity index (χ3v) is 5.05. The van der Waals surface area contributed by atoms with Crippen molar-refractivity contribution in [3.63, 3.8) is 0 Å². The van der Waals surface area contributed by atoms with Crippen molar-refractivity contribution in [2.45, 2.75) is 39.7 Å². The van der Waals surface area contributed by atoms with Crippen LogP contribution >= 0.6 is 0 Å². The van der Waals surface area contributed by atoms with Crippen LogP contribution in [-0.4, -0.2) is 41.4 Å². The molecule has 0 saturated heterocycles. The van der Waals surface area contributed by atoms with Crippen LogP contribution in [-0.2, 0) is 16.1 Å². The van der Waals surface area contributed by atoms with Gasteiger partial charge in [-0.3, -0.25) is 9.59 Å². The second-order valence-electron chi connectivity index (χ2n) is 7.72. The number of aromatic nitrogens is 2. The van der Waals surface area contributed by atoms with Gasteiger partial charge in [-0.2, -0.15) is 5.10 Å². The van der Waals surface area contributed by atoms with E-state index in [1.165, 1.54) is 4.68 Å². The molecule has 1 N–H and O–H groups in total. The molecule has 0 bridgehead atoms. The van der Waals surface area contributed by atoms with E-state index in [0.29, 0.717) is 17.3 Å². The van der Waals surface area contributed by atoms with Gasteiger partial charge in [-0.05, 0) is 37.1 Å². The number of hydrogen-bond donors (Lipinski definition) is 1. The number of carbonyl (C=O) groups excluding carboxylic acids is 2. The first kappa shape index (κ1) is 24.0. The Labute approximate surface area is 192 Å². The van der Waals surface area contributed by atoms with E-state index in [1.807, 2.05) is 31.2 Å². The molecule has 33 heavy (non-hydrogen) atoms. The molecule has 1 amide bonds. The quantitative estimate of drug-likeness (QED) is 0.355. The lowest BCUT2D eigenvalue weighted by molar-refractivity contribution is -0.124. The highest BCUT2D eigenvalue weighted by Gasteiger charge is 2.19. The highest BCUT2D eigenvalue weighted by atomic mass is 16.5. The molecular weight excluding hydrogens is 422 g/mol. The van der Waals surface area contributed by atoms with Crippen molar-refractivity contribution in [3.05, 3.63) is 70.1 Å². The molecule has 8 nitrogen and oxygen atoms in total. The fourth-order valence-electron chi connectivity index (χ4n) is 3.36. The lowest BCUT2D eigenvalue weighted by Gasteiger charge is -2.11. The van der Waals surface area contributed by atoms with Crippen LogP contribution in [0.3, 0.4) is 0 Å². The van der Waals surface area contributed by atoms with Crippen LogP contribution in [0.4, 0.5) is 0 Å². The van der Waals surface area contributed by atoms with E-state index in [9.17, 15) is 14.4 Å². The van der Waals surface area contributed by atoms with Crippen molar-refractivity contribution < 1.29 is 19.1 Å². The molecule has 2 aromatic carbocycles. The molecule has 1 aromatic heterocycles. The molecule has 3 aromatic rings. The average molecular weight is 452 g/mol. The molecule has 0 saturated carbocycles. The fraction of sp³-hybridized carbons (Fsp3) is 0.360. The molecule has 0 fully saturated rings. The SMILES string of the molecule is CCCCCn1nc(C(=O)OCC(=O)NCCOc2cccc(C)c2)c2ccccc2c1=O. The van der Waals surface area contributed by atoms with Crippen LogP contribution in [0.25, 0.3) is 10.8 Å². The average Bonchev–Trinajstić information content (AvgIpc) is 2.82. The van der Waals surface area contributed by atoms with Crippen LogP contribution in [0, 0.1) is 6.92 Å². The monoisotopic (exact) mass is 451 g/mol. The van der Waals surface area contributed by atoms with Crippen molar-refractivity contribution in [3.8, 4) is 5.75 Å². The molecule has 0 aliphatic carbocycles. The van der Waals surface area contributed by atoms with Gasteiger partial charge in [0.25, 0.3) is 11.5 Å². The number of esters is 1. The zero-order valence-electron chi connectivity index (χ0n) is 19.0. The minimum atomic E-state index is -0.749. The first-order chi connectivity index (χ1) is 16.0.